The van der Waals surface area contributed by atoms with Crippen LogP contribution < -0.4 is 10.6 Å². The van der Waals surface area contributed by atoms with Gasteiger partial charge in [-0.2, -0.15) is 0 Å². The Hall–Kier alpha value is -1.62. The monoisotopic (exact) mass is 348 g/mol. The normalized spacial score (nSPS) is 17.8. The Morgan fingerprint density at radius 3 is 2.48 bits per heavy atom. The van der Waals surface area contributed by atoms with Crippen molar-refractivity contribution < 1.29 is 4.39 Å². The zero-order valence-corrected chi connectivity index (χ0v) is 16.3. The predicted molar refractivity (Wildman–Crippen MR) is 104 cm³/mol. The van der Waals surface area contributed by atoms with Crippen molar-refractivity contribution in [2.24, 2.45) is 4.99 Å². The van der Waals surface area contributed by atoms with Gasteiger partial charge < -0.3 is 15.5 Å². The molecule has 1 aromatic rings. The highest BCUT2D eigenvalue weighted by atomic mass is 19.1. The van der Waals surface area contributed by atoms with Crippen LogP contribution in [0.3, 0.4) is 0 Å². The largest absolute Gasteiger partial charge is 0.356 e. The van der Waals surface area contributed by atoms with Crippen molar-refractivity contribution in [3.05, 3.63) is 35.6 Å². The molecule has 0 unspecified atom stereocenters. The molecule has 1 saturated heterocycles. The molecule has 0 aromatic heterocycles. The Morgan fingerprint density at radius 1 is 1.28 bits per heavy atom. The molecule has 1 aromatic carbocycles. The molecule has 25 heavy (non-hydrogen) atoms. The molecule has 0 aliphatic carbocycles. The lowest BCUT2D eigenvalue weighted by Gasteiger charge is -2.35. The Kier molecular flexibility index (Phi) is 6.82. The average Bonchev–Trinajstić information content (AvgIpc) is 2.59. The molecule has 1 aliphatic heterocycles. The number of likely N-dealkylation sites (tertiary alicyclic amines) is 1. The van der Waals surface area contributed by atoms with Crippen LogP contribution in [0, 0.1) is 5.82 Å². The fourth-order valence-corrected chi connectivity index (χ4v) is 3.36. The lowest BCUT2D eigenvalue weighted by Crippen LogP contribution is -2.51. The second-order valence-corrected chi connectivity index (χ2v) is 7.84. The van der Waals surface area contributed by atoms with E-state index in [0.29, 0.717) is 18.6 Å². The Morgan fingerprint density at radius 2 is 1.92 bits per heavy atom. The molecule has 1 aliphatic rings. The molecule has 0 spiro atoms. The first-order chi connectivity index (χ1) is 11.8. The lowest BCUT2D eigenvalue weighted by molar-refractivity contribution is 0.167. The van der Waals surface area contributed by atoms with Crippen molar-refractivity contribution in [3.8, 4) is 0 Å². The van der Waals surface area contributed by atoms with Gasteiger partial charge in [0.2, 0.25) is 0 Å². The van der Waals surface area contributed by atoms with E-state index < -0.39 is 0 Å². The minimum atomic E-state index is -0.316. The van der Waals surface area contributed by atoms with Gasteiger partial charge in [0, 0.05) is 44.2 Å². The van der Waals surface area contributed by atoms with Crippen LogP contribution in [-0.2, 0) is 5.41 Å². The van der Waals surface area contributed by atoms with Crippen molar-refractivity contribution in [2.75, 3.05) is 26.7 Å². The Bertz CT molecular complexity index is 575. The highest BCUT2D eigenvalue weighted by Crippen LogP contribution is 2.24. The molecule has 5 heteroatoms. The SMILES string of the molecule is CN=C(NCC(C)(C)c1ccccc1F)NC1CCN(C(C)C)CC1. The average molecular weight is 349 g/mol. The second-order valence-electron chi connectivity index (χ2n) is 7.84. The molecule has 2 N–H and O–H groups in total. The van der Waals surface area contributed by atoms with Gasteiger partial charge in [-0.3, -0.25) is 4.99 Å². The van der Waals surface area contributed by atoms with Crippen molar-refractivity contribution >= 4 is 5.96 Å². The number of rotatable bonds is 5. The Labute approximate surface area is 151 Å². The first kappa shape index (κ1) is 19.7. The van der Waals surface area contributed by atoms with E-state index >= 15 is 0 Å². The van der Waals surface area contributed by atoms with E-state index in [1.165, 1.54) is 6.07 Å². The summed E-state index contributed by atoms with van der Waals surface area (Å²) in [5.41, 5.74) is 0.410. The van der Waals surface area contributed by atoms with Crippen LogP contribution >= 0.6 is 0 Å². The van der Waals surface area contributed by atoms with E-state index in [1.54, 1.807) is 13.1 Å². The minimum Gasteiger partial charge on any atom is -0.356 e. The van der Waals surface area contributed by atoms with Gasteiger partial charge in [-0.25, -0.2) is 4.39 Å². The lowest BCUT2D eigenvalue weighted by atomic mass is 9.84. The molecule has 0 amide bonds. The van der Waals surface area contributed by atoms with Crippen LogP contribution in [0.2, 0.25) is 0 Å². The molecule has 2 rings (SSSR count). The molecule has 4 nitrogen and oxygen atoms in total. The van der Waals surface area contributed by atoms with Gasteiger partial charge in [0.25, 0.3) is 0 Å². The van der Waals surface area contributed by atoms with Crippen LogP contribution in [0.4, 0.5) is 4.39 Å². The number of aliphatic imine (C=N–C) groups is 1. The maximum Gasteiger partial charge on any atom is 0.191 e. The first-order valence-electron chi connectivity index (χ1n) is 9.29. The summed E-state index contributed by atoms with van der Waals surface area (Å²) >= 11 is 0. The number of guanidine groups is 1. The third-order valence-electron chi connectivity index (χ3n) is 5.13. The third kappa shape index (κ3) is 5.43. The quantitative estimate of drug-likeness (QED) is 0.634. The van der Waals surface area contributed by atoms with Crippen molar-refractivity contribution in [1.82, 2.24) is 15.5 Å². The highest BCUT2D eigenvalue weighted by Gasteiger charge is 2.25. The molecule has 1 heterocycles. The highest BCUT2D eigenvalue weighted by molar-refractivity contribution is 5.80. The zero-order chi connectivity index (χ0) is 18.4. The number of halogens is 1. The Balaban J connectivity index is 1.87. The third-order valence-corrected chi connectivity index (χ3v) is 5.13. The summed E-state index contributed by atoms with van der Waals surface area (Å²) in [6, 6.07) is 8.04. The molecule has 140 valence electrons. The van der Waals surface area contributed by atoms with Crippen LogP contribution in [0.5, 0.6) is 0 Å². The van der Waals surface area contributed by atoms with Gasteiger partial charge in [-0.1, -0.05) is 32.0 Å². The van der Waals surface area contributed by atoms with Crippen molar-refractivity contribution in [3.63, 3.8) is 0 Å². The smallest absolute Gasteiger partial charge is 0.191 e. The topological polar surface area (TPSA) is 39.7 Å². The summed E-state index contributed by atoms with van der Waals surface area (Å²) in [7, 11) is 1.79. The number of hydrogen-bond donors (Lipinski definition) is 2. The summed E-state index contributed by atoms with van der Waals surface area (Å²) in [5, 5.41) is 6.90. The van der Waals surface area contributed by atoms with Crippen LogP contribution in [0.15, 0.2) is 29.3 Å². The number of nitrogens with one attached hydrogen (secondary N) is 2. The summed E-state index contributed by atoms with van der Waals surface area (Å²) < 4.78 is 14.1. The molecule has 0 bridgehead atoms. The van der Waals surface area contributed by atoms with Gasteiger partial charge >= 0.3 is 0 Å². The van der Waals surface area contributed by atoms with Gasteiger partial charge in [0.15, 0.2) is 5.96 Å². The molecule has 0 saturated carbocycles. The summed E-state index contributed by atoms with van der Waals surface area (Å²) in [6.45, 7) is 11.5. The van der Waals surface area contributed by atoms with Crippen LogP contribution in [-0.4, -0.2) is 49.6 Å². The molecule has 1 fully saturated rings. The van der Waals surface area contributed by atoms with Crippen molar-refractivity contribution in [1.29, 1.82) is 0 Å². The van der Waals surface area contributed by atoms with E-state index in [4.69, 9.17) is 0 Å². The fraction of sp³-hybridized carbons (Fsp3) is 0.650. The van der Waals surface area contributed by atoms with Gasteiger partial charge in [0.05, 0.1) is 0 Å². The molecule has 0 atom stereocenters. The predicted octanol–water partition coefficient (Wildman–Crippen LogP) is 3.14. The number of nitrogens with zero attached hydrogens (tertiary/aromatic N) is 2. The maximum absolute atomic E-state index is 14.1. The molecular weight excluding hydrogens is 315 g/mol. The maximum atomic E-state index is 14.1. The van der Waals surface area contributed by atoms with E-state index in [9.17, 15) is 4.39 Å². The standard InChI is InChI=1S/C20H33FN4/c1-15(2)25-12-10-16(11-13-25)24-19(22-5)23-14-20(3,4)17-8-6-7-9-18(17)21/h6-9,15-16H,10-14H2,1-5H3,(H2,22,23,24). The number of benzene rings is 1. The number of hydrogen-bond acceptors (Lipinski definition) is 2. The fourth-order valence-electron chi connectivity index (χ4n) is 3.36. The van der Waals surface area contributed by atoms with Crippen molar-refractivity contribution in [2.45, 2.75) is 58.0 Å². The first-order valence-corrected chi connectivity index (χ1v) is 9.29. The van der Waals surface area contributed by atoms with Crippen LogP contribution in [0.1, 0.15) is 46.1 Å². The summed E-state index contributed by atoms with van der Waals surface area (Å²) in [5.74, 6) is 0.644. The zero-order valence-electron chi connectivity index (χ0n) is 16.3. The van der Waals surface area contributed by atoms with Gasteiger partial charge in [-0.05, 0) is 38.3 Å². The van der Waals surface area contributed by atoms with E-state index in [-0.39, 0.29) is 11.2 Å². The summed E-state index contributed by atoms with van der Waals surface area (Å²) in [4.78, 5) is 6.85. The summed E-state index contributed by atoms with van der Waals surface area (Å²) in [6.07, 6.45) is 2.24. The minimum absolute atomic E-state index is 0.154. The molecule has 0 radical (unpaired) electrons. The van der Waals surface area contributed by atoms with Gasteiger partial charge in [0.1, 0.15) is 5.82 Å². The van der Waals surface area contributed by atoms with Crippen LogP contribution in [0.25, 0.3) is 0 Å². The van der Waals surface area contributed by atoms with E-state index in [1.807, 2.05) is 26.0 Å². The second kappa shape index (κ2) is 8.65. The molecular formula is C20H33FN4. The number of piperidine rings is 1. The van der Waals surface area contributed by atoms with E-state index in [2.05, 4.69) is 34.4 Å². The van der Waals surface area contributed by atoms with E-state index in [0.717, 1.165) is 37.5 Å². The van der Waals surface area contributed by atoms with Gasteiger partial charge in [-0.15, -0.1) is 0 Å².